The topological polar surface area (TPSA) is 83.8 Å². The van der Waals surface area contributed by atoms with Gasteiger partial charge in [0.25, 0.3) is 0 Å². The first-order chi connectivity index (χ1) is 8.56. The normalized spacial score (nSPS) is 12.6. The summed E-state index contributed by atoms with van der Waals surface area (Å²) in [6.45, 7) is 2.05. The SMILES string of the molecule is CCCCCCCC(O)COC(=O)/C=C/C(=O)O. The van der Waals surface area contributed by atoms with Crippen LogP contribution in [-0.4, -0.2) is 34.9 Å². The maximum absolute atomic E-state index is 11.0. The van der Waals surface area contributed by atoms with Gasteiger partial charge in [0, 0.05) is 12.2 Å². The van der Waals surface area contributed by atoms with E-state index >= 15 is 0 Å². The fraction of sp³-hybridized carbons (Fsp3) is 0.692. The minimum Gasteiger partial charge on any atom is -0.478 e. The van der Waals surface area contributed by atoms with Crippen molar-refractivity contribution in [3.63, 3.8) is 0 Å². The average Bonchev–Trinajstić information content (AvgIpc) is 2.33. The minimum atomic E-state index is -1.21. The van der Waals surface area contributed by atoms with E-state index in [1.165, 1.54) is 12.8 Å². The third-order valence-electron chi connectivity index (χ3n) is 2.42. The van der Waals surface area contributed by atoms with Crippen LogP contribution >= 0.6 is 0 Å². The van der Waals surface area contributed by atoms with Crippen LogP contribution in [0.1, 0.15) is 45.4 Å². The van der Waals surface area contributed by atoms with Crippen molar-refractivity contribution < 1.29 is 24.5 Å². The van der Waals surface area contributed by atoms with Gasteiger partial charge in [-0.1, -0.05) is 39.0 Å². The Morgan fingerprint density at radius 3 is 2.44 bits per heavy atom. The predicted molar refractivity (Wildman–Crippen MR) is 67.1 cm³/mol. The summed E-state index contributed by atoms with van der Waals surface area (Å²) in [5, 5.41) is 17.8. The van der Waals surface area contributed by atoms with E-state index < -0.39 is 18.0 Å². The van der Waals surface area contributed by atoms with Crippen molar-refractivity contribution in [2.75, 3.05) is 6.61 Å². The molecule has 0 aliphatic heterocycles. The van der Waals surface area contributed by atoms with Crippen molar-refractivity contribution in [3.05, 3.63) is 12.2 Å². The van der Waals surface area contributed by atoms with E-state index in [1.807, 2.05) is 0 Å². The molecule has 0 bridgehead atoms. The van der Waals surface area contributed by atoms with Crippen LogP contribution in [0.3, 0.4) is 0 Å². The monoisotopic (exact) mass is 258 g/mol. The van der Waals surface area contributed by atoms with Crippen LogP contribution in [0.5, 0.6) is 0 Å². The molecule has 0 rings (SSSR count). The molecule has 0 aliphatic carbocycles. The summed E-state index contributed by atoms with van der Waals surface area (Å²) in [6.07, 6.45) is 6.97. The molecule has 1 unspecified atom stereocenters. The van der Waals surface area contributed by atoms with Gasteiger partial charge >= 0.3 is 11.9 Å². The van der Waals surface area contributed by atoms with E-state index in [0.717, 1.165) is 25.3 Å². The Hall–Kier alpha value is -1.36. The van der Waals surface area contributed by atoms with Crippen LogP contribution in [-0.2, 0) is 14.3 Å². The standard InChI is InChI=1S/C13H22O5/c1-2-3-4-5-6-7-11(14)10-18-13(17)9-8-12(15)16/h8-9,11,14H,2-7,10H2,1H3,(H,15,16)/b9-8+. The molecule has 0 saturated heterocycles. The molecule has 0 aromatic rings. The van der Waals surface area contributed by atoms with Crippen molar-refractivity contribution in [3.8, 4) is 0 Å². The van der Waals surface area contributed by atoms with E-state index in [0.29, 0.717) is 12.5 Å². The molecule has 0 spiro atoms. The van der Waals surface area contributed by atoms with Gasteiger partial charge in [0.2, 0.25) is 0 Å². The molecule has 18 heavy (non-hydrogen) atoms. The maximum atomic E-state index is 11.0. The van der Waals surface area contributed by atoms with Crippen molar-refractivity contribution in [1.29, 1.82) is 0 Å². The molecule has 0 saturated carbocycles. The highest BCUT2D eigenvalue weighted by Crippen LogP contribution is 2.07. The fourth-order valence-electron chi connectivity index (χ4n) is 1.43. The first kappa shape index (κ1) is 16.6. The van der Waals surface area contributed by atoms with Crippen LogP contribution in [0.25, 0.3) is 0 Å². The Kier molecular flexibility index (Phi) is 9.96. The maximum Gasteiger partial charge on any atom is 0.331 e. The highest BCUT2D eigenvalue weighted by atomic mass is 16.5. The Balaban J connectivity index is 3.54. The smallest absolute Gasteiger partial charge is 0.331 e. The number of ether oxygens (including phenoxy) is 1. The second-order valence-electron chi connectivity index (χ2n) is 4.16. The van der Waals surface area contributed by atoms with Gasteiger partial charge in [-0.2, -0.15) is 0 Å². The molecule has 0 radical (unpaired) electrons. The summed E-state index contributed by atoms with van der Waals surface area (Å²) >= 11 is 0. The highest BCUT2D eigenvalue weighted by Gasteiger charge is 2.06. The summed E-state index contributed by atoms with van der Waals surface area (Å²) in [5.74, 6) is -1.95. The Morgan fingerprint density at radius 2 is 1.83 bits per heavy atom. The van der Waals surface area contributed by atoms with Crippen LogP contribution in [0.2, 0.25) is 0 Å². The average molecular weight is 258 g/mol. The summed E-state index contributed by atoms with van der Waals surface area (Å²) in [5.41, 5.74) is 0. The van der Waals surface area contributed by atoms with Crippen molar-refractivity contribution in [1.82, 2.24) is 0 Å². The van der Waals surface area contributed by atoms with E-state index in [1.54, 1.807) is 0 Å². The molecule has 1 atom stereocenters. The lowest BCUT2D eigenvalue weighted by molar-refractivity contribution is -0.141. The number of carbonyl (C=O) groups excluding carboxylic acids is 1. The molecule has 5 nitrogen and oxygen atoms in total. The number of hydrogen-bond acceptors (Lipinski definition) is 4. The zero-order valence-electron chi connectivity index (χ0n) is 10.8. The first-order valence-electron chi connectivity index (χ1n) is 6.32. The molecule has 0 fully saturated rings. The fourth-order valence-corrected chi connectivity index (χ4v) is 1.43. The molecule has 0 heterocycles. The lowest BCUT2D eigenvalue weighted by atomic mass is 10.1. The highest BCUT2D eigenvalue weighted by molar-refractivity contribution is 5.90. The van der Waals surface area contributed by atoms with Gasteiger partial charge in [-0.25, -0.2) is 9.59 Å². The molecule has 5 heteroatoms. The van der Waals surface area contributed by atoms with Crippen LogP contribution < -0.4 is 0 Å². The summed E-state index contributed by atoms with van der Waals surface area (Å²) in [6, 6.07) is 0. The van der Waals surface area contributed by atoms with Gasteiger partial charge in [0.1, 0.15) is 6.61 Å². The first-order valence-corrected chi connectivity index (χ1v) is 6.32. The summed E-state index contributed by atoms with van der Waals surface area (Å²) in [7, 11) is 0. The number of aliphatic carboxylic acids is 1. The molecule has 2 N–H and O–H groups in total. The second-order valence-corrected chi connectivity index (χ2v) is 4.16. The molecule has 0 amide bonds. The molecule has 0 aromatic carbocycles. The molecular formula is C13H22O5. The number of carbonyl (C=O) groups is 2. The van der Waals surface area contributed by atoms with E-state index in [9.17, 15) is 14.7 Å². The number of hydrogen-bond donors (Lipinski definition) is 2. The van der Waals surface area contributed by atoms with Gasteiger partial charge in [0.05, 0.1) is 6.10 Å². The Bertz CT molecular complexity index is 273. The largest absolute Gasteiger partial charge is 0.478 e. The number of esters is 1. The van der Waals surface area contributed by atoms with Crippen molar-refractivity contribution >= 4 is 11.9 Å². The molecule has 104 valence electrons. The lowest BCUT2D eigenvalue weighted by Gasteiger charge is -2.09. The van der Waals surface area contributed by atoms with Gasteiger partial charge in [-0.15, -0.1) is 0 Å². The third kappa shape index (κ3) is 11.1. The van der Waals surface area contributed by atoms with E-state index in [-0.39, 0.29) is 6.61 Å². The molecular weight excluding hydrogens is 236 g/mol. The summed E-state index contributed by atoms with van der Waals surface area (Å²) in [4.78, 5) is 21.1. The quantitative estimate of drug-likeness (QED) is 0.355. The second kappa shape index (κ2) is 10.8. The zero-order chi connectivity index (χ0) is 13.8. The van der Waals surface area contributed by atoms with E-state index in [4.69, 9.17) is 9.84 Å². The van der Waals surface area contributed by atoms with Gasteiger partial charge in [-0.3, -0.25) is 0 Å². The van der Waals surface area contributed by atoms with Crippen molar-refractivity contribution in [2.24, 2.45) is 0 Å². The Morgan fingerprint density at radius 1 is 1.17 bits per heavy atom. The molecule has 0 aliphatic rings. The van der Waals surface area contributed by atoms with Gasteiger partial charge in [0.15, 0.2) is 0 Å². The predicted octanol–water partition coefficient (Wildman–Crippen LogP) is 1.89. The number of carboxylic acid groups (broad SMARTS) is 1. The zero-order valence-corrected chi connectivity index (χ0v) is 10.8. The van der Waals surface area contributed by atoms with Gasteiger partial charge in [-0.05, 0) is 6.42 Å². The minimum absolute atomic E-state index is 0.0867. The summed E-state index contributed by atoms with van der Waals surface area (Å²) < 4.78 is 4.69. The lowest BCUT2D eigenvalue weighted by Crippen LogP contribution is -2.17. The number of aliphatic hydroxyl groups excluding tert-OH is 1. The number of rotatable bonds is 10. The van der Waals surface area contributed by atoms with Crippen molar-refractivity contribution in [2.45, 2.75) is 51.6 Å². The van der Waals surface area contributed by atoms with Crippen LogP contribution in [0.4, 0.5) is 0 Å². The van der Waals surface area contributed by atoms with E-state index in [2.05, 4.69) is 6.92 Å². The van der Waals surface area contributed by atoms with Crippen LogP contribution in [0.15, 0.2) is 12.2 Å². The van der Waals surface area contributed by atoms with Crippen LogP contribution in [0, 0.1) is 0 Å². The van der Waals surface area contributed by atoms with Gasteiger partial charge < -0.3 is 14.9 Å². The third-order valence-corrected chi connectivity index (χ3v) is 2.42. The number of unbranched alkanes of at least 4 members (excludes halogenated alkanes) is 4. The molecule has 0 aromatic heterocycles. The number of aliphatic hydroxyl groups is 1. The Labute approximate surface area is 107 Å². The number of carboxylic acids is 1.